The van der Waals surface area contributed by atoms with Crippen molar-refractivity contribution in [1.29, 1.82) is 0 Å². The fraction of sp³-hybridized carbons (Fsp3) is 0.0833. The lowest BCUT2D eigenvalue weighted by atomic mass is 10.0. The minimum atomic E-state index is -0.0626. The summed E-state index contributed by atoms with van der Waals surface area (Å²) in [6.07, 6.45) is 4.04. The molecule has 0 radical (unpaired) electrons. The molecule has 2 aromatic carbocycles. The molecule has 1 aliphatic heterocycles. The third-order valence-corrected chi connectivity index (χ3v) is 6.12. The van der Waals surface area contributed by atoms with E-state index in [1.165, 1.54) is 11.9 Å². The van der Waals surface area contributed by atoms with Gasteiger partial charge in [-0.3, -0.25) is 4.79 Å². The molecule has 0 atom stereocenters. The maximum Gasteiger partial charge on any atom is 0.213 e. The smallest absolute Gasteiger partial charge is 0.213 e. The number of nitrogens with one attached hydrogen (secondary N) is 1. The lowest BCUT2D eigenvalue weighted by molar-refractivity contribution is 0.104. The lowest BCUT2D eigenvalue weighted by Crippen LogP contribution is -2.12. The average molecular weight is 467 g/mol. The Balaban J connectivity index is 1.55. The molecule has 0 aliphatic carbocycles. The van der Waals surface area contributed by atoms with Crippen LogP contribution in [0.4, 0.5) is 5.69 Å². The maximum atomic E-state index is 13.0. The van der Waals surface area contributed by atoms with Crippen molar-refractivity contribution in [2.45, 2.75) is 6.42 Å². The number of carbonyl (C=O) groups is 1. The molecule has 7 heteroatoms. The number of methoxy groups -OCH3 is 1. The monoisotopic (exact) mass is 466 g/mol. The zero-order valence-corrected chi connectivity index (χ0v) is 18.7. The molecule has 1 N–H and O–H groups in total. The highest BCUT2D eigenvalue weighted by molar-refractivity contribution is 8.05. The van der Waals surface area contributed by atoms with E-state index in [1.807, 2.05) is 36.4 Å². The number of halogens is 2. The van der Waals surface area contributed by atoms with Gasteiger partial charge in [-0.15, -0.1) is 0 Å². The number of anilines is 1. The van der Waals surface area contributed by atoms with Crippen LogP contribution in [0.5, 0.6) is 5.88 Å². The number of carbonyl (C=O) groups excluding carboxylic acids is 1. The van der Waals surface area contributed by atoms with Crippen LogP contribution in [0.25, 0.3) is 6.08 Å². The Bertz CT molecular complexity index is 1260. The Hall–Kier alpha value is -2.91. The first-order chi connectivity index (χ1) is 15.0. The summed E-state index contributed by atoms with van der Waals surface area (Å²) in [4.78, 5) is 17.7. The summed E-state index contributed by atoms with van der Waals surface area (Å²) in [5, 5.41) is 0.922. The number of hydrogen-bond donors (Lipinski definition) is 1. The topological polar surface area (TPSA) is 51.2 Å². The van der Waals surface area contributed by atoms with Crippen LogP contribution in [-0.4, -0.2) is 17.9 Å². The van der Waals surface area contributed by atoms with Gasteiger partial charge in [-0.2, -0.15) is 0 Å². The van der Waals surface area contributed by atoms with Gasteiger partial charge in [0, 0.05) is 29.8 Å². The van der Waals surface area contributed by atoms with Gasteiger partial charge in [-0.1, -0.05) is 41.1 Å². The van der Waals surface area contributed by atoms with Crippen LogP contribution >= 0.6 is 35.1 Å². The van der Waals surface area contributed by atoms with Gasteiger partial charge in [0.15, 0.2) is 0 Å². The van der Waals surface area contributed by atoms with Gasteiger partial charge in [0.25, 0.3) is 0 Å². The quantitative estimate of drug-likeness (QED) is 0.279. The molecule has 0 bridgehead atoms. The van der Waals surface area contributed by atoms with Gasteiger partial charge in [-0.05, 0) is 65.5 Å². The molecule has 0 fully saturated rings. The van der Waals surface area contributed by atoms with E-state index in [1.54, 1.807) is 31.5 Å². The van der Waals surface area contributed by atoms with E-state index in [2.05, 4.69) is 21.5 Å². The van der Waals surface area contributed by atoms with Crippen molar-refractivity contribution in [2.75, 3.05) is 11.8 Å². The molecule has 3 aromatic rings. The van der Waals surface area contributed by atoms with Crippen molar-refractivity contribution in [2.24, 2.45) is 0 Å². The van der Waals surface area contributed by atoms with Gasteiger partial charge in [0.05, 0.1) is 27.7 Å². The second-order valence-corrected chi connectivity index (χ2v) is 8.32. The van der Waals surface area contributed by atoms with E-state index in [0.717, 1.165) is 22.4 Å². The number of nitrogens with zero attached hydrogens (tertiary/aromatic N) is 1. The van der Waals surface area contributed by atoms with Crippen LogP contribution in [0, 0.1) is 11.8 Å². The number of allylic oxidation sites excluding steroid dienone is 1. The average Bonchev–Trinajstić information content (AvgIpc) is 2.78. The third kappa shape index (κ3) is 5.05. The Morgan fingerprint density at radius 2 is 2.00 bits per heavy atom. The van der Waals surface area contributed by atoms with Gasteiger partial charge in [0.1, 0.15) is 0 Å². The summed E-state index contributed by atoms with van der Waals surface area (Å²) in [5.74, 6) is 6.77. The standard InChI is InChI=1S/C24H16Cl2N2O2S/c1-30-23-14-16(9-10-27-23)4-2-3-15-6-8-21-18(11-15)24(29)22(31-28-21)13-17-5-7-19(25)20(26)12-17/h5-14,28H,4H2,1H3/b22-13+. The van der Waals surface area contributed by atoms with Gasteiger partial charge >= 0.3 is 0 Å². The number of ketones is 1. The molecule has 0 amide bonds. The van der Waals surface area contributed by atoms with E-state index < -0.39 is 0 Å². The Labute approximate surface area is 194 Å². The highest BCUT2D eigenvalue weighted by atomic mass is 35.5. The van der Waals surface area contributed by atoms with Crippen LogP contribution in [0.15, 0.2) is 59.6 Å². The van der Waals surface area contributed by atoms with E-state index in [4.69, 9.17) is 27.9 Å². The van der Waals surface area contributed by atoms with E-state index in [-0.39, 0.29) is 5.78 Å². The summed E-state index contributed by atoms with van der Waals surface area (Å²) >= 11 is 13.3. The predicted octanol–water partition coefficient (Wildman–Crippen LogP) is 6.29. The fourth-order valence-corrected chi connectivity index (χ4v) is 4.06. The third-order valence-electron chi connectivity index (χ3n) is 4.53. The van der Waals surface area contributed by atoms with Crippen LogP contribution < -0.4 is 9.46 Å². The van der Waals surface area contributed by atoms with Crippen molar-refractivity contribution in [3.05, 3.63) is 91.9 Å². The Morgan fingerprint density at radius 3 is 2.81 bits per heavy atom. The van der Waals surface area contributed by atoms with Crippen molar-refractivity contribution in [3.63, 3.8) is 0 Å². The van der Waals surface area contributed by atoms with Crippen LogP contribution in [0.3, 0.4) is 0 Å². The number of ether oxygens (including phenoxy) is 1. The number of hydrogen-bond acceptors (Lipinski definition) is 5. The van der Waals surface area contributed by atoms with Crippen LogP contribution in [-0.2, 0) is 6.42 Å². The SMILES string of the molecule is COc1cc(CC#Cc2ccc3c(c2)C(=O)/C(=C\c2ccc(Cl)c(Cl)c2)SN3)ccn1. The van der Waals surface area contributed by atoms with Crippen molar-refractivity contribution in [1.82, 2.24) is 4.98 Å². The summed E-state index contributed by atoms with van der Waals surface area (Å²) in [5.41, 5.74) is 3.95. The molecule has 0 spiro atoms. The number of rotatable bonds is 3. The summed E-state index contributed by atoms with van der Waals surface area (Å²) in [6, 6.07) is 14.6. The number of benzene rings is 2. The molecule has 31 heavy (non-hydrogen) atoms. The molecule has 0 saturated heterocycles. The second-order valence-electron chi connectivity index (χ2n) is 6.66. The van der Waals surface area contributed by atoms with E-state index >= 15 is 0 Å². The molecule has 0 saturated carbocycles. The lowest BCUT2D eigenvalue weighted by Gasteiger charge is -2.18. The largest absolute Gasteiger partial charge is 0.481 e. The van der Waals surface area contributed by atoms with E-state index in [9.17, 15) is 4.79 Å². The van der Waals surface area contributed by atoms with Crippen LogP contribution in [0.1, 0.15) is 27.0 Å². The van der Waals surface area contributed by atoms with Crippen molar-refractivity contribution < 1.29 is 9.53 Å². The summed E-state index contributed by atoms with van der Waals surface area (Å²) < 4.78 is 8.34. The van der Waals surface area contributed by atoms with Gasteiger partial charge in [-0.25, -0.2) is 4.98 Å². The summed E-state index contributed by atoms with van der Waals surface area (Å²) in [6.45, 7) is 0. The zero-order valence-electron chi connectivity index (χ0n) is 16.4. The normalized spacial score (nSPS) is 13.8. The molecule has 1 aromatic heterocycles. The minimum absolute atomic E-state index is 0.0626. The number of aromatic nitrogens is 1. The molecular weight excluding hydrogens is 451 g/mol. The maximum absolute atomic E-state index is 13.0. The molecule has 154 valence electrons. The highest BCUT2D eigenvalue weighted by Crippen LogP contribution is 2.35. The highest BCUT2D eigenvalue weighted by Gasteiger charge is 2.23. The Morgan fingerprint density at radius 1 is 1.13 bits per heavy atom. The first-order valence-electron chi connectivity index (χ1n) is 9.29. The van der Waals surface area contributed by atoms with E-state index in [0.29, 0.717) is 32.8 Å². The number of fused-ring (bicyclic) bond motifs is 1. The minimum Gasteiger partial charge on any atom is -0.481 e. The number of pyridine rings is 1. The van der Waals surface area contributed by atoms with Crippen molar-refractivity contribution >= 4 is 52.7 Å². The number of Topliss-reactive ketones (excluding diaryl/α,β-unsaturated/α-hetero) is 1. The predicted molar refractivity (Wildman–Crippen MR) is 128 cm³/mol. The zero-order chi connectivity index (χ0) is 21.8. The fourth-order valence-electron chi connectivity index (χ4n) is 2.96. The van der Waals surface area contributed by atoms with Gasteiger partial charge < -0.3 is 9.46 Å². The second kappa shape index (κ2) is 9.49. The first kappa shape index (κ1) is 21.3. The molecule has 4 nitrogen and oxygen atoms in total. The molecule has 2 heterocycles. The first-order valence-corrected chi connectivity index (χ1v) is 10.9. The van der Waals surface area contributed by atoms with Crippen molar-refractivity contribution in [3.8, 4) is 17.7 Å². The molecular formula is C24H16Cl2N2O2S. The summed E-state index contributed by atoms with van der Waals surface area (Å²) in [7, 11) is 1.58. The molecule has 0 unspecified atom stereocenters. The molecule has 4 rings (SSSR count). The Kier molecular flexibility index (Phi) is 6.53. The molecule has 1 aliphatic rings. The van der Waals surface area contributed by atoms with Gasteiger partial charge in [0.2, 0.25) is 11.7 Å². The van der Waals surface area contributed by atoms with Crippen LogP contribution in [0.2, 0.25) is 10.0 Å².